The van der Waals surface area contributed by atoms with Gasteiger partial charge in [0.15, 0.2) is 4.96 Å². The van der Waals surface area contributed by atoms with Crippen molar-refractivity contribution in [2.75, 3.05) is 14.1 Å². The van der Waals surface area contributed by atoms with Crippen LogP contribution >= 0.6 is 11.3 Å². The second-order valence-electron chi connectivity index (χ2n) is 4.07. The van der Waals surface area contributed by atoms with Crippen molar-refractivity contribution in [1.29, 1.82) is 5.26 Å². The van der Waals surface area contributed by atoms with E-state index >= 15 is 0 Å². The standard InChI is InChI=1S/C11H14N4S/c1-7-6-16-11-13-8(2)10(15(7)11)9(5-12)14(3)4/h6,9H,1-4H3. The van der Waals surface area contributed by atoms with Gasteiger partial charge >= 0.3 is 0 Å². The van der Waals surface area contributed by atoms with Crippen molar-refractivity contribution in [3.05, 3.63) is 22.5 Å². The van der Waals surface area contributed by atoms with E-state index in [0.29, 0.717) is 0 Å². The minimum atomic E-state index is -0.247. The highest BCUT2D eigenvalue weighted by Gasteiger charge is 2.22. The van der Waals surface area contributed by atoms with Gasteiger partial charge < -0.3 is 0 Å². The molecule has 0 N–H and O–H groups in total. The van der Waals surface area contributed by atoms with Gasteiger partial charge in [0.2, 0.25) is 0 Å². The first-order valence-corrected chi connectivity index (χ1v) is 5.93. The Kier molecular flexibility index (Phi) is 2.70. The molecule has 1 unspecified atom stereocenters. The molecule has 0 aromatic carbocycles. The van der Waals surface area contributed by atoms with Crippen LogP contribution in [0.5, 0.6) is 0 Å². The quantitative estimate of drug-likeness (QED) is 0.799. The minimum Gasteiger partial charge on any atom is -0.289 e. The maximum atomic E-state index is 9.25. The number of thiazole rings is 1. The van der Waals surface area contributed by atoms with Crippen LogP contribution < -0.4 is 0 Å². The molecule has 2 rings (SSSR count). The molecular weight excluding hydrogens is 220 g/mol. The average molecular weight is 234 g/mol. The van der Waals surface area contributed by atoms with Crippen LogP contribution in [-0.4, -0.2) is 28.4 Å². The summed E-state index contributed by atoms with van der Waals surface area (Å²) in [6.45, 7) is 4.00. The highest BCUT2D eigenvalue weighted by atomic mass is 32.1. The Morgan fingerprint density at radius 3 is 2.75 bits per heavy atom. The Bertz CT molecular complexity index is 558. The van der Waals surface area contributed by atoms with Gasteiger partial charge in [-0.15, -0.1) is 11.3 Å². The van der Waals surface area contributed by atoms with Crippen molar-refractivity contribution in [2.45, 2.75) is 19.9 Å². The maximum absolute atomic E-state index is 9.25. The third kappa shape index (κ3) is 1.51. The number of rotatable bonds is 2. The predicted octanol–water partition coefficient (Wildman–Crippen LogP) is 2.14. The molecule has 0 amide bonds. The molecular formula is C11H14N4S. The summed E-state index contributed by atoms with van der Waals surface area (Å²) >= 11 is 1.61. The molecule has 0 saturated heterocycles. The van der Waals surface area contributed by atoms with Crippen LogP contribution in [0.1, 0.15) is 23.1 Å². The maximum Gasteiger partial charge on any atom is 0.194 e. The molecule has 0 aliphatic heterocycles. The Morgan fingerprint density at radius 2 is 2.19 bits per heavy atom. The number of imidazole rings is 1. The normalized spacial score (nSPS) is 13.2. The first-order chi connectivity index (χ1) is 7.56. The minimum absolute atomic E-state index is 0.247. The van der Waals surface area contributed by atoms with Crippen LogP contribution in [0.2, 0.25) is 0 Å². The van der Waals surface area contributed by atoms with Crippen LogP contribution in [0.4, 0.5) is 0 Å². The van der Waals surface area contributed by atoms with Gasteiger partial charge in [0.1, 0.15) is 6.04 Å². The monoisotopic (exact) mass is 234 g/mol. The largest absolute Gasteiger partial charge is 0.289 e. The van der Waals surface area contributed by atoms with Gasteiger partial charge in [-0.05, 0) is 27.9 Å². The van der Waals surface area contributed by atoms with Gasteiger partial charge in [-0.25, -0.2) is 4.98 Å². The van der Waals surface area contributed by atoms with Gasteiger partial charge in [-0.2, -0.15) is 5.26 Å². The molecule has 5 heteroatoms. The van der Waals surface area contributed by atoms with Gasteiger partial charge in [0.25, 0.3) is 0 Å². The molecule has 0 bridgehead atoms. The van der Waals surface area contributed by atoms with E-state index in [1.165, 1.54) is 0 Å². The Labute approximate surface area is 98.8 Å². The van der Waals surface area contributed by atoms with Crippen molar-refractivity contribution in [3.63, 3.8) is 0 Å². The number of aromatic nitrogens is 2. The third-order valence-corrected chi connectivity index (χ3v) is 3.60. The van der Waals surface area contributed by atoms with E-state index in [1.54, 1.807) is 11.3 Å². The second-order valence-corrected chi connectivity index (χ2v) is 4.91. The van der Waals surface area contributed by atoms with Gasteiger partial charge in [0.05, 0.1) is 17.5 Å². The van der Waals surface area contributed by atoms with Crippen LogP contribution in [-0.2, 0) is 0 Å². The van der Waals surface area contributed by atoms with E-state index in [2.05, 4.69) is 20.8 Å². The summed E-state index contributed by atoms with van der Waals surface area (Å²) in [5.41, 5.74) is 3.06. The Hall–Kier alpha value is -1.38. The second kappa shape index (κ2) is 3.89. The van der Waals surface area contributed by atoms with Crippen molar-refractivity contribution in [2.24, 2.45) is 0 Å². The molecule has 2 aromatic heterocycles. The Balaban J connectivity index is 2.71. The lowest BCUT2D eigenvalue weighted by Gasteiger charge is -2.17. The SMILES string of the molecule is Cc1nc2scc(C)n2c1C(C#N)N(C)C. The number of hydrogen-bond acceptors (Lipinski definition) is 4. The lowest BCUT2D eigenvalue weighted by Crippen LogP contribution is -2.20. The summed E-state index contributed by atoms with van der Waals surface area (Å²) in [5.74, 6) is 0. The predicted molar refractivity (Wildman–Crippen MR) is 64.6 cm³/mol. The molecule has 0 radical (unpaired) electrons. The fourth-order valence-electron chi connectivity index (χ4n) is 1.87. The zero-order chi connectivity index (χ0) is 11.9. The fraction of sp³-hybridized carbons (Fsp3) is 0.455. The molecule has 0 fully saturated rings. The van der Waals surface area contributed by atoms with Crippen molar-refractivity contribution in [3.8, 4) is 6.07 Å². The van der Waals surface area contributed by atoms with E-state index in [4.69, 9.17) is 0 Å². The number of hydrogen-bond donors (Lipinski definition) is 0. The number of fused-ring (bicyclic) bond motifs is 1. The van der Waals surface area contributed by atoms with E-state index in [-0.39, 0.29) is 6.04 Å². The zero-order valence-electron chi connectivity index (χ0n) is 9.85. The highest BCUT2D eigenvalue weighted by Crippen LogP contribution is 2.27. The summed E-state index contributed by atoms with van der Waals surface area (Å²) in [7, 11) is 3.82. The smallest absolute Gasteiger partial charge is 0.194 e. The summed E-state index contributed by atoms with van der Waals surface area (Å²) in [6.07, 6.45) is 0. The summed E-state index contributed by atoms with van der Waals surface area (Å²) in [4.78, 5) is 7.36. The molecule has 0 aliphatic carbocycles. The summed E-state index contributed by atoms with van der Waals surface area (Å²) < 4.78 is 2.08. The van der Waals surface area contributed by atoms with Crippen LogP contribution in [0.15, 0.2) is 5.38 Å². The number of nitrogens with zero attached hydrogens (tertiary/aromatic N) is 4. The lowest BCUT2D eigenvalue weighted by atomic mass is 10.2. The molecule has 16 heavy (non-hydrogen) atoms. The number of aryl methyl sites for hydroxylation is 2. The molecule has 0 aliphatic rings. The topological polar surface area (TPSA) is 44.3 Å². The lowest BCUT2D eigenvalue weighted by molar-refractivity contribution is 0.349. The first kappa shape index (κ1) is 11.1. The van der Waals surface area contributed by atoms with E-state index in [1.807, 2.05) is 32.8 Å². The van der Waals surface area contributed by atoms with E-state index in [0.717, 1.165) is 22.0 Å². The molecule has 2 heterocycles. The van der Waals surface area contributed by atoms with Gasteiger partial charge in [0, 0.05) is 11.1 Å². The van der Waals surface area contributed by atoms with Crippen molar-refractivity contribution in [1.82, 2.24) is 14.3 Å². The fourth-order valence-corrected chi connectivity index (χ4v) is 2.79. The molecule has 0 spiro atoms. The number of nitriles is 1. The third-order valence-electron chi connectivity index (χ3n) is 2.65. The molecule has 4 nitrogen and oxygen atoms in total. The Morgan fingerprint density at radius 1 is 1.50 bits per heavy atom. The average Bonchev–Trinajstić information content (AvgIpc) is 2.70. The van der Waals surface area contributed by atoms with Gasteiger partial charge in [-0.3, -0.25) is 9.30 Å². The summed E-state index contributed by atoms with van der Waals surface area (Å²) in [5, 5.41) is 11.3. The molecule has 1 atom stereocenters. The van der Waals surface area contributed by atoms with Crippen LogP contribution in [0.3, 0.4) is 0 Å². The van der Waals surface area contributed by atoms with Crippen molar-refractivity contribution >= 4 is 16.3 Å². The van der Waals surface area contributed by atoms with E-state index < -0.39 is 0 Å². The van der Waals surface area contributed by atoms with Crippen LogP contribution in [0.25, 0.3) is 4.96 Å². The molecule has 0 saturated carbocycles. The zero-order valence-corrected chi connectivity index (χ0v) is 10.7. The molecule has 84 valence electrons. The van der Waals surface area contributed by atoms with Crippen molar-refractivity contribution < 1.29 is 0 Å². The highest BCUT2D eigenvalue weighted by molar-refractivity contribution is 7.15. The molecule has 2 aromatic rings. The van der Waals surface area contributed by atoms with Crippen LogP contribution in [0, 0.1) is 25.2 Å². The first-order valence-electron chi connectivity index (χ1n) is 5.05. The summed E-state index contributed by atoms with van der Waals surface area (Å²) in [6, 6.07) is 2.08. The van der Waals surface area contributed by atoms with E-state index in [9.17, 15) is 5.26 Å². The van der Waals surface area contributed by atoms with Gasteiger partial charge in [-0.1, -0.05) is 0 Å².